The first-order valence-corrected chi connectivity index (χ1v) is 8.70. The number of fused-ring (bicyclic) bond motifs is 1. The maximum atomic E-state index is 6.34. The average Bonchev–Trinajstić information content (AvgIpc) is 2.69. The van der Waals surface area contributed by atoms with Crippen LogP contribution in [0.3, 0.4) is 0 Å². The molecule has 0 bridgehead atoms. The summed E-state index contributed by atoms with van der Waals surface area (Å²) in [5.41, 5.74) is 9.50. The molecule has 1 saturated carbocycles. The molecule has 0 saturated heterocycles. The fraction of sp³-hybridized carbons (Fsp3) is 0.684. The van der Waals surface area contributed by atoms with Crippen LogP contribution in [0.25, 0.3) is 0 Å². The molecule has 21 heavy (non-hydrogen) atoms. The van der Waals surface area contributed by atoms with Gasteiger partial charge in [0.25, 0.3) is 0 Å². The number of benzene rings is 1. The van der Waals surface area contributed by atoms with Crippen molar-refractivity contribution in [2.75, 3.05) is 18.0 Å². The fourth-order valence-corrected chi connectivity index (χ4v) is 4.39. The van der Waals surface area contributed by atoms with E-state index in [4.69, 9.17) is 5.73 Å². The Kier molecular flexibility index (Phi) is 4.26. The van der Waals surface area contributed by atoms with Crippen LogP contribution in [-0.2, 0) is 6.42 Å². The maximum absolute atomic E-state index is 6.34. The second-order valence-corrected chi connectivity index (χ2v) is 7.51. The molecule has 3 unspecified atom stereocenters. The van der Waals surface area contributed by atoms with Crippen LogP contribution in [0.1, 0.15) is 51.5 Å². The van der Waals surface area contributed by atoms with Gasteiger partial charge in [-0.25, -0.2) is 0 Å². The van der Waals surface area contributed by atoms with Crippen LogP contribution in [-0.4, -0.2) is 18.6 Å². The van der Waals surface area contributed by atoms with Gasteiger partial charge in [0.15, 0.2) is 0 Å². The third-order valence-electron chi connectivity index (χ3n) is 5.74. The first kappa shape index (κ1) is 14.9. The molecular formula is C19H30N2. The molecule has 1 heterocycles. The highest BCUT2D eigenvalue weighted by molar-refractivity contribution is 5.58. The molecule has 0 amide bonds. The second-order valence-electron chi connectivity index (χ2n) is 7.51. The quantitative estimate of drug-likeness (QED) is 0.833. The Morgan fingerprint density at radius 2 is 1.95 bits per heavy atom. The predicted octanol–water partition coefficient (Wildman–Crippen LogP) is 3.98. The lowest BCUT2D eigenvalue weighted by Gasteiger charge is -2.49. The van der Waals surface area contributed by atoms with Gasteiger partial charge in [0.05, 0.1) is 5.54 Å². The topological polar surface area (TPSA) is 29.3 Å². The molecule has 1 fully saturated rings. The Bertz CT molecular complexity index is 484. The van der Waals surface area contributed by atoms with Crippen molar-refractivity contribution in [2.24, 2.45) is 17.6 Å². The predicted molar refractivity (Wildman–Crippen MR) is 90.7 cm³/mol. The largest absolute Gasteiger partial charge is 0.364 e. The summed E-state index contributed by atoms with van der Waals surface area (Å²) in [6.07, 6.45) is 7.74. The van der Waals surface area contributed by atoms with Crippen LogP contribution in [0.5, 0.6) is 0 Å². The zero-order valence-electron chi connectivity index (χ0n) is 13.6. The first-order valence-electron chi connectivity index (χ1n) is 8.70. The zero-order valence-corrected chi connectivity index (χ0v) is 13.6. The number of anilines is 1. The number of hydrogen-bond acceptors (Lipinski definition) is 2. The second kappa shape index (κ2) is 6.00. The molecule has 2 heteroatoms. The molecule has 3 atom stereocenters. The monoisotopic (exact) mass is 286 g/mol. The van der Waals surface area contributed by atoms with E-state index < -0.39 is 0 Å². The molecule has 1 aliphatic carbocycles. The van der Waals surface area contributed by atoms with Gasteiger partial charge in [-0.1, -0.05) is 44.9 Å². The molecule has 2 aliphatic rings. The molecule has 0 spiro atoms. The molecule has 1 aromatic rings. The van der Waals surface area contributed by atoms with E-state index in [-0.39, 0.29) is 5.54 Å². The SMILES string of the molecule is CC1CCCC(CN)(N2CC(C)Cc3ccccc32)CC1. The molecule has 1 aromatic carbocycles. The van der Waals surface area contributed by atoms with Gasteiger partial charge in [-0.2, -0.15) is 0 Å². The molecule has 3 rings (SSSR count). The van der Waals surface area contributed by atoms with E-state index in [0.29, 0.717) is 0 Å². The minimum Gasteiger partial charge on any atom is -0.364 e. The summed E-state index contributed by atoms with van der Waals surface area (Å²) in [7, 11) is 0. The minimum absolute atomic E-state index is 0.190. The number of para-hydroxylation sites is 1. The van der Waals surface area contributed by atoms with Gasteiger partial charge in [0.2, 0.25) is 0 Å². The lowest BCUT2D eigenvalue weighted by atomic mass is 9.83. The standard InChI is InChI=1S/C19H30N2/c1-15-6-5-10-19(14-20,11-9-15)21-13-16(2)12-17-7-3-4-8-18(17)21/h3-4,7-8,15-16H,5-6,9-14,20H2,1-2H3. The Labute approximate surface area is 129 Å². The van der Waals surface area contributed by atoms with E-state index in [1.165, 1.54) is 56.3 Å². The Morgan fingerprint density at radius 3 is 2.76 bits per heavy atom. The fourth-order valence-electron chi connectivity index (χ4n) is 4.39. The normalized spacial score (nSPS) is 33.4. The lowest BCUT2D eigenvalue weighted by Crippen LogP contribution is -2.57. The van der Waals surface area contributed by atoms with Crippen LogP contribution in [0.2, 0.25) is 0 Å². The Balaban J connectivity index is 1.96. The summed E-state index contributed by atoms with van der Waals surface area (Å²) < 4.78 is 0. The molecular weight excluding hydrogens is 256 g/mol. The van der Waals surface area contributed by atoms with E-state index >= 15 is 0 Å². The zero-order chi connectivity index (χ0) is 14.9. The lowest BCUT2D eigenvalue weighted by molar-refractivity contribution is 0.317. The van der Waals surface area contributed by atoms with E-state index in [0.717, 1.165) is 18.4 Å². The molecule has 1 aliphatic heterocycles. The summed E-state index contributed by atoms with van der Waals surface area (Å²) in [6, 6.07) is 8.99. The highest BCUT2D eigenvalue weighted by Crippen LogP contribution is 2.41. The molecule has 2 N–H and O–H groups in total. The molecule has 0 aromatic heterocycles. The van der Waals surface area contributed by atoms with E-state index in [9.17, 15) is 0 Å². The van der Waals surface area contributed by atoms with Crippen molar-refractivity contribution in [2.45, 2.75) is 57.9 Å². The van der Waals surface area contributed by atoms with Crippen LogP contribution in [0.4, 0.5) is 5.69 Å². The van der Waals surface area contributed by atoms with Crippen LogP contribution in [0.15, 0.2) is 24.3 Å². The van der Waals surface area contributed by atoms with Gasteiger partial charge in [0.1, 0.15) is 0 Å². The van der Waals surface area contributed by atoms with Crippen molar-refractivity contribution >= 4 is 5.69 Å². The van der Waals surface area contributed by atoms with E-state index in [1.54, 1.807) is 0 Å². The van der Waals surface area contributed by atoms with E-state index in [1.807, 2.05) is 0 Å². The van der Waals surface area contributed by atoms with Crippen molar-refractivity contribution in [1.82, 2.24) is 0 Å². The third kappa shape index (κ3) is 2.83. The summed E-state index contributed by atoms with van der Waals surface area (Å²) in [5, 5.41) is 0. The number of hydrogen-bond donors (Lipinski definition) is 1. The van der Waals surface area contributed by atoms with Gasteiger partial charge < -0.3 is 10.6 Å². The molecule has 0 radical (unpaired) electrons. The highest BCUT2D eigenvalue weighted by atomic mass is 15.2. The number of rotatable bonds is 2. The van der Waals surface area contributed by atoms with Crippen molar-refractivity contribution in [1.29, 1.82) is 0 Å². The summed E-state index contributed by atoms with van der Waals surface area (Å²) in [4.78, 5) is 2.69. The summed E-state index contributed by atoms with van der Waals surface area (Å²) in [5.74, 6) is 1.58. The van der Waals surface area contributed by atoms with Crippen LogP contribution >= 0.6 is 0 Å². The van der Waals surface area contributed by atoms with Crippen molar-refractivity contribution < 1.29 is 0 Å². The maximum Gasteiger partial charge on any atom is 0.0524 e. The van der Waals surface area contributed by atoms with Gasteiger partial charge >= 0.3 is 0 Å². The van der Waals surface area contributed by atoms with Gasteiger partial charge in [-0.15, -0.1) is 0 Å². The van der Waals surface area contributed by atoms with Crippen LogP contribution < -0.4 is 10.6 Å². The number of nitrogens with two attached hydrogens (primary N) is 1. The van der Waals surface area contributed by atoms with Gasteiger partial charge in [-0.3, -0.25) is 0 Å². The minimum atomic E-state index is 0.190. The molecule has 116 valence electrons. The smallest absolute Gasteiger partial charge is 0.0524 e. The first-order chi connectivity index (χ1) is 10.1. The Hall–Kier alpha value is -1.02. The molecule has 2 nitrogen and oxygen atoms in total. The summed E-state index contributed by atoms with van der Waals surface area (Å²) in [6.45, 7) is 6.75. The van der Waals surface area contributed by atoms with Crippen LogP contribution in [0, 0.1) is 11.8 Å². The van der Waals surface area contributed by atoms with Crippen molar-refractivity contribution in [3.8, 4) is 0 Å². The highest BCUT2D eigenvalue weighted by Gasteiger charge is 2.39. The van der Waals surface area contributed by atoms with Crippen molar-refractivity contribution in [3.05, 3.63) is 29.8 Å². The van der Waals surface area contributed by atoms with Crippen molar-refractivity contribution in [3.63, 3.8) is 0 Å². The third-order valence-corrected chi connectivity index (χ3v) is 5.74. The van der Waals surface area contributed by atoms with Gasteiger partial charge in [-0.05, 0) is 49.1 Å². The average molecular weight is 286 g/mol. The van der Waals surface area contributed by atoms with Gasteiger partial charge in [0, 0.05) is 18.8 Å². The van der Waals surface area contributed by atoms with E-state index in [2.05, 4.69) is 43.0 Å². The Morgan fingerprint density at radius 1 is 1.14 bits per heavy atom. The number of nitrogens with zero attached hydrogens (tertiary/aromatic N) is 1. The summed E-state index contributed by atoms with van der Waals surface area (Å²) >= 11 is 0.